The van der Waals surface area contributed by atoms with Crippen LogP contribution >= 0.6 is 0 Å². The number of aliphatic carboxylic acids is 1. The fourth-order valence-corrected chi connectivity index (χ4v) is 1.06. The summed E-state index contributed by atoms with van der Waals surface area (Å²) in [7, 11) is 0. The maximum atomic E-state index is 11.6. The number of anilines is 1. The molecule has 0 atom stereocenters. The van der Waals surface area contributed by atoms with Crippen LogP contribution in [0.5, 0.6) is 0 Å². The molecule has 0 aliphatic carbocycles. The summed E-state index contributed by atoms with van der Waals surface area (Å²) < 4.78 is 5.20. The Labute approximate surface area is 110 Å². The fraction of sp³-hybridized carbons (Fsp3) is 0.636. The number of nitrogens with one attached hydrogen (secondary N) is 2. The summed E-state index contributed by atoms with van der Waals surface area (Å²) in [5, 5.41) is 21.3. The van der Waals surface area contributed by atoms with Gasteiger partial charge in [0, 0.05) is 5.92 Å². The van der Waals surface area contributed by atoms with Crippen LogP contribution in [0.4, 0.5) is 6.01 Å². The zero-order valence-corrected chi connectivity index (χ0v) is 11.4. The van der Waals surface area contributed by atoms with E-state index >= 15 is 0 Å². The number of nitrogens with zero attached hydrogens (tertiary/aromatic N) is 2. The third kappa shape index (κ3) is 4.32. The van der Waals surface area contributed by atoms with E-state index in [2.05, 4.69) is 20.8 Å². The first-order chi connectivity index (χ1) is 8.72. The lowest BCUT2D eigenvalue weighted by atomic mass is 10.1. The quantitative estimate of drug-likeness (QED) is 0.692. The van der Waals surface area contributed by atoms with Crippen LogP contribution in [0, 0.1) is 0 Å². The van der Waals surface area contributed by atoms with Crippen molar-refractivity contribution in [1.29, 1.82) is 0 Å². The van der Waals surface area contributed by atoms with Crippen LogP contribution in [-0.2, 0) is 9.59 Å². The molecule has 0 radical (unpaired) electrons. The number of rotatable bonds is 6. The highest BCUT2D eigenvalue weighted by atomic mass is 16.4. The van der Waals surface area contributed by atoms with Crippen molar-refractivity contribution >= 4 is 17.9 Å². The van der Waals surface area contributed by atoms with Crippen molar-refractivity contribution in [1.82, 2.24) is 15.5 Å². The van der Waals surface area contributed by atoms with Gasteiger partial charge in [-0.05, 0) is 13.8 Å². The van der Waals surface area contributed by atoms with Gasteiger partial charge in [-0.15, -0.1) is 5.10 Å². The smallest absolute Gasteiger partial charge is 0.323 e. The van der Waals surface area contributed by atoms with E-state index in [1.807, 2.05) is 13.8 Å². The molecule has 1 heterocycles. The predicted octanol–water partition coefficient (Wildman–Crippen LogP) is 0.584. The standard InChI is InChI=1S/C11H18N4O4/c1-6(2)8-14-15-10(19-8)13-7(16)5-12-11(3,4)9(17)18/h6,12H,5H2,1-4H3,(H,17,18)(H,13,15,16). The highest BCUT2D eigenvalue weighted by Crippen LogP contribution is 2.14. The van der Waals surface area contributed by atoms with Crippen molar-refractivity contribution in [2.75, 3.05) is 11.9 Å². The molecule has 1 aromatic heterocycles. The summed E-state index contributed by atoms with van der Waals surface area (Å²) in [5.74, 6) is -0.996. The van der Waals surface area contributed by atoms with E-state index in [1.165, 1.54) is 13.8 Å². The lowest BCUT2D eigenvalue weighted by molar-refractivity contribution is -0.143. The number of carboxylic acids is 1. The maximum absolute atomic E-state index is 11.6. The molecule has 0 saturated heterocycles. The van der Waals surface area contributed by atoms with Gasteiger partial charge in [0.15, 0.2) is 0 Å². The van der Waals surface area contributed by atoms with E-state index in [4.69, 9.17) is 9.52 Å². The molecule has 0 spiro atoms. The molecule has 19 heavy (non-hydrogen) atoms. The minimum Gasteiger partial charge on any atom is -0.480 e. The van der Waals surface area contributed by atoms with Crippen LogP contribution in [0.25, 0.3) is 0 Å². The Hall–Kier alpha value is -1.96. The predicted molar refractivity (Wildman–Crippen MR) is 66.7 cm³/mol. The van der Waals surface area contributed by atoms with Gasteiger partial charge in [-0.3, -0.25) is 20.2 Å². The average molecular weight is 270 g/mol. The Morgan fingerprint density at radius 3 is 2.47 bits per heavy atom. The minimum absolute atomic E-state index is 0.00336. The van der Waals surface area contributed by atoms with Gasteiger partial charge in [-0.1, -0.05) is 18.9 Å². The third-order valence-corrected chi connectivity index (χ3v) is 2.41. The summed E-state index contributed by atoms with van der Waals surface area (Å²) in [6, 6.07) is 0.00336. The molecule has 0 fully saturated rings. The lowest BCUT2D eigenvalue weighted by Crippen LogP contribution is -2.49. The van der Waals surface area contributed by atoms with Crippen LogP contribution in [0.1, 0.15) is 39.5 Å². The number of hydrogen-bond acceptors (Lipinski definition) is 6. The first-order valence-electron chi connectivity index (χ1n) is 5.84. The van der Waals surface area contributed by atoms with Gasteiger partial charge < -0.3 is 9.52 Å². The van der Waals surface area contributed by atoms with E-state index < -0.39 is 17.4 Å². The van der Waals surface area contributed by atoms with Gasteiger partial charge in [-0.2, -0.15) is 0 Å². The number of hydrogen-bond donors (Lipinski definition) is 3. The van der Waals surface area contributed by atoms with Crippen LogP contribution in [0.3, 0.4) is 0 Å². The fourth-order valence-electron chi connectivity index (χ4n) is 1.06. The Balaban J connectivity index is 2.49. The highest BCUT2D eigenvalue weighted by Gasteiger charge is 2.27. The largest absolute Gasteiger partial charge is 0.480 e. The summed E-state index contributed by atoms with van der Waals surface area (Å²) in [6.07, 6.45) is 0. The molecule has 1 amide bonds. The molecular formula is C11H18N4O4. The third-order valence-electron chi connectivity index (χ3n) is 2.41. The molecule has 0 saturated carbocycles. The van der Waals surface area contributed by atoms with Crippen LogP contribution in [0.15, 0.2) is 4.42 Å². The van der Waals surface area contributed by atoms with E-state index in [9.17, 15) is 9.59 Å². The zero-order chi connectivity index (χ0) is 14.6. The van der Waals surface area contributed by atoms with Crippen molar-refractivity contribution in [3.8, 4) is 0 Å². The topological polar surface area (TPSA) is 117 Å². The number of aromatic nitrogens is 2. The second kappa shape index (κ2) is 5.79. The highest BCUT2D eigenvalue weighted by molar-refractivity contribution is 5.90. The molecule has 3 N–H and O–H groups in total. The number of amides is 1. The summed E-state index contributed by atoms with van der Waals surface area (Å²) in [4.78, 5) is 22.4. The average Bonchev–Trinajstić information content (AvgIpc) is 2.75. The van der Waals surface area contributed by atoms with E-state index in [0.29, 0.717) is 5.89 Å². The SMILES string of the molecule is CC(C)c1nnc(NC(=O)CNC(C)(C)C(=O)O)o1. The molecule has 1 aromatic rings. The van der Waals surface area contributed by atoms with Crippen LogP contribution in [-0.4, -0.2) is 39.3 Å². The van der Waals surface area contributed by atoms with E-state index in [0.717, 1.165) is 0 Å². The Morgan fingerprint density at radius 2 is 2.00 bits per heavy atom. The number of carbonyl (C=O) groups is 2. The lowest BCUT2D eigenvalue weighted by Gasteiger charge is -2.20. The Bertz CT molecular complexity index is 467. The summed E-state index contributed by atoms with van der Waals surface area (Å²) in [6.45, 7) is 6.53. The van der Waals surface area contributed by atoms with Crippen LogP contribution in [0.2, 0.25) is 0 Å². The molecular weight excluding hydrogens is 252 g/mol. The van der Waals surface area contributed by atoms with Crippen molar-refractivity contribution in [2.45, 2.75) is 39.2 Å². The van der Waals surface area contributed by atoms with Gasteiger partial charge in [0.25, 0.3) is 0 Å². The molecule has 0 aromatic carbocycles. The van der Waals surface area contributed by atoms with Gasteiger partial charge in [0.1, 0.15) is 5.54 Å². The second-order valence-corrected chi connectivity index (χ2v) is 4.93. The van der Waals surface area contributed by atoms with Crippen molar-refractivity contribution in [3.63, 3.8) is 0 Å². The molecule has 0 aliphatic rings. The minimum atomic E-state index is -1.19. The molecule has 0 unspecified atom stereocenters. The first-order valence-corrected chi connectivity index (χ1v) is 5.84. The second-order valence-electron chi connectivity index (χ2n) is 4.93. The summed E-state index contributed by atoms with van der Waals surface area (Å²) >= 11 is 0. The zero-order valence-electron chi connectivity index (χ0n) is 11.4. The van der Waals surface area contributed by atoms with E-state index in [-0.39, 0.29) is 18.5 Å². The van der Waals surface area contributed by atoms with Gasteiger partial charge in [0.2, 0.25) is 11.8 Å². The maximum Gasteiger partial charge on any atom is 0.323 e. The molecule has 8 heteroatoms. The first kappa shape index (κ1) is 15.1. The monoisotopic (exact) mass is 270 g/mol. The van der Waals surface area contributed by atoms with Crippen molar-refractivity contribution in [3.05, 3.63) is 5.89 Å². The van der Waals surface area contributed by atoms with Crippen LogP contribution < -0.4 is 10.6 Å². The molecule has 1 rings (SSSR count). The van der Waals surface area contributed by atoms with E-state index in [1.54, 1.807) is 0 Å². The molecule has 106 valence electrons. The van der Waals surface area contributed by atoms with Gasteiger partial charge in [-0.25, -0.2) is 0 Å². The van der Waals surface area contributed by atoms with Crippen molar-refractivity contribution in [2.24, 2.45) is 0 Å². The Morgan fingerprint density at radius 1 is 1.37 bits per heavy atom. The van der Waals surface area contributed by atoms with Gasteiger partial charge in [0.05, 0.1) is 6.54 Å². The molecule has 8 nitrogen and oxygen atoms in total. The Kier molecular flexibility index (Phi) is 4.60. The molecule has 0 bridgehead atoms. The molecule has 0 aliphatic heterocycles. The normalized spacial score (nSPS) is 11.6. The summed E-state index contributed by atoms with van der Waals surface area (Å²) in [5.41, 5.74) is -1.19. The number of carboxylic acid groups (broad SMARTS) is 1. The van der Waals surface area contributed by atoms with Crippen molar-refractivity contribution < 1.29 is 19.1 Å². The van der Waals surface area contributed by atoms with Gasteiger partial charge >= 0.3 is 12.0 Å². The number of carbonyl (C=O) groups excluding carboxylic acids is 1.